The molecule has 0 aliphatic rings. The van der Waals surface area contributed by atoms with Crippen molar-refractivity contribution in [2.75, 3.05) is 30.4 Å². The maximum Gasteiger partial charge on any atom is 0.264 e. The first kappa shape index (κ1) is 28.5. The number of hydrogen-bond donors (Lipinski definition) is 2. The third-order valence-corrected chi connectivity index (χ3v) is 7.76. The van der Waals surface area contributed by atoms with Gasteiger partial charge in [-0.2, -0.15) is 0 Å². The topological polar surface area (TPSA) is 114 Å². The highest BCUT2D eigenvalue weighted by Crippen LogP contribution is 2.35. The minimum absolute atomic E-state index is 0.00843. The molecule has 2 amide bonds. The Hall–Kier alpha value is -4.05. The molecule has 3 aromatic carbocycles. The van der Waals surface area contributed by atoms with Crippen molar-refractivity contribution >= 4 is 33.2 Å². The van der Waals surface area contributed by atoms with Crippen LogP contribution in [-0.2, 0) is 14.8 Å². The minimum atomic E-state index is -4.20. The lowest BCUT2D eigenvalue weighted by Gasteiger charge is -2.26. The van der Waals surface area contributed by atoms with Crippen molar-refractivity contribution in [3.05, 3.63) is 77.9 Å². The third-order valence-electron chi connectivity index (χ3n) is 5.99. The SMILES string of the molecule is CC[C@H](C)NC(=O)c1ccccc1NC(=O)CN(c1cc(OC)ccc1OC)S(=O)(=O)c1ccc(C)cc1. The highest BCUT2D eigenvalue weighted by atomic mass is 32.2. The van der Waals surface area contributed by atoms with E-state index in [-0.39, 0.29) is 39.5 Å². The van der Waals surface area contributed by atoms with Gasteiger partial charge < -0.3 is 20.1 Å². The molecule has 3 rings (SSSR count). The largest absolute Gasteiger partial charge is 0.497 e. The fourth-order valence-electron chi connectivity index (χ4n) is 3.64. The summed E-state index contributed by atoms with van der Waals surface area (Å²) < 4.78 is 39.3. The molecule has 0 heterocycles. The summed E-state index contributed by atoms with van der Waals surface area (Å²) in [7, 11) is -1.34. The number of aryl methyl sites for hydroxylation is 1. The van der Waals surface area contributed by atoms with Gasteiger partial charge in [0.1, 0.15) is 18.0 Å². The molecule has 0 radical (unpaired) electrons. The van der Waals surface area contributed by atoms with Crippen LogP contribution in [0.2, 0.25) is 0 Å². The summed E-state index contributed by atoms with van der Waals surface area (Å²) in [6.07, 6.45) is 0.745. The van der Waals surface area contributed by atoms with E-state index in [1.807, 2.05) is 20.8 Å². The van der Waals surface area contributed by atoms with Crippen LogP contribution in [0.15, 0.2) is 71.6 Å². The van der Waals surface area contributed by atoms with Crippen molar-refractivity contribution in [1.82, 2.24) is 5.32 Å². The maximum atomic E-state index is 13.8. The smallest absolute Gasteiger partial charge is 0.264 e. The molecule has 0 aliphatic carbocycles. The first-order valence-electron chi connectivity index (χ1n) is 12.1. The summed E-state index contributed by atoms with van der Waals surface area (Å²) in [6, 6.07) is 17.5. The van der Waals surface area contributed by atoms with Gasteiger partial charge in [-0.25, -0.2) is 8.42 Å². The molecule has 1 atom stereocenters. The van der Waals surface area contributed by atoms with Crippen molar-refractivity contribution < 1.29 is 27.5 Å². The Morgan fingerprint density at radius 1 is 0.974 bits per heavy atom. The highest BCUT2D eigenvalue weighted by molar-refractivity contribution is 7.92. The van der Waals surface area contributed by atoms with E-state index in [2.05, 4.69) is 10.6 Å². The first-order valence-corrected chi connectivity index (χ1v) is 13.6. The number of benzene rings is 3. The van der Waals surface area contributed by atoms with E-state index in [9.17, 15) is 18.0 Å². The van der Waals surface area contributed by atoms with E-state index in [0.29, 0.717) is 5.75 Å². The lowest BCUT2D eigenvalue weighted by molar-refractivity contribution is -0.114. The van der Waals surface area contributed by atoms with Gasteiger partial charge in [-0.15, -0.1) is 0 Å². The van der Waals surface area contributed by atoms with Crippen LogP contribution in [0.25, 0.3) is 0 Å². The van der Waals surface area contributed by atoms with Gasteiger partial charge in [-0.3, -0.25) is 13.9 Å². The molecule has 0 saturated carbocycles. The van der Waals surface area contributed by atoms with Crippen LogP contribution in [0.5, 0.6) is 11.5 Å². The van der Waals surface area contributed by atoms with E-state index < -0.39 is 22.5 Å². The molecule has 0 aromatic heterocycles. The fraction of sp³-hybridized carbons (Fsp3) is 0.286. The fourth-order valence-corrected chi connectivity index (χ4v) is 5.07. The van der Waals surface area contributed by atoms with Crippen LogP contribution in [0.4, 0.5) is 11.4 Å². The van der Waals surface area contributed by atoms with Crippen LogP contribution in [0, 0.1) is 6.92 Å². The van der Waals surface area contributed by atoms with Gasteiger partial charge in [0.15, 0.2) is 0 Å². The molecule has 0 bridgehead atoms. The van der Waals surface area contributed by atoms with Crippen LogP contribution >= 0.6 is 0 Å². The van der Waals surface area contributed by atoms with Crippen molar-refractivity contribution in [3.8, 4) is 11.5 Å². The lowest BCUT2D eigenvalue weighted by atomic mass is 10.1. The number of anilines is 2. The Morgan fingerprint density at radius 3 is 2.29 bits per heavy atom. The van der Waals surface area contributed by atoms with E-state index in [0.717, 1.165) is 16.3 Å². The maximum absolute atomic E-state index is 13.8. The molecule has 2 N–H and O–H groups in total. The van der Waals surface area contributed by atoms with Crippen molar-refractivity contribution in [2.24, 2.45) is 0 Å². The number of methoxy groups -OCH3 is 2. The predicted molar refractivity (Wildman–Crippen MR) is 148 cm³/mol. The molecule has 202 valence electrons. The zero-order valence-corrected chi connectivity index (χ0v) is 23.0. The van der Waals surface area contributed by atoms with Crippen molar-refractivity contribution in [2.45, 2.75) is 38.1 Å². The molecule has 10 heteroatoms. The Morgan fingerprint density at radius 2 is 1.66 bits per heavy atom. The van der Waals surface area contributed by atoms with Gasteiger partial charge in [-0.1, -0.05) is 36.8 Å². The molecule has 0 aliphatic heterocycles. The third kappa shape index (κ3) is 6.63. The van der Waals surface area contributed by atoms with Crippen LogP contribution < -0.4 is 24.4 Å². The summed E-state index contributed by atoms with van der Waals surface area (Å²) in [5.74, 6) is -0.358. The van der Waals surface area contributed by atoms with Crippen LogP contribution in [0.1, 0.15) is 36.2 Å². The summed E-state index contributed by atoms with van der Waals surface area (Å²) >= 11 is 0. The molecular weight excluding hydrogens is 506 g/mol. The van der Waals surface area contributed by atoms with Gasteiger partial charge in [0.25, 0.3) is 15.9 Å². The first-order chi connectivity index (χ1) is 18.1. The van der Waals surface area contributed by atoms with Gasteiger partial charge in [0, 0.05) is 12.1 Å². The number of carbonyl (C=O) groups excluding carboxylic acids is 2. The van der Waals surface area contributed by atoms with Gasteiger partial charge >= 0.3 is 0 Å². The van der Waals surface area contributed by atoms with Crippen molar-refractivity contribution in [3.63, 3.8) is 0 Å². The van der Waals surface area contributed by atoms with E-state index in [1.54, 1.807) is 48.5 Å². The Bertz CT molecular complexity index is 1390. The number of para-hydroxylation sites is 1. The molecule has 3 aromatic rings. The van der Waals surface area contributed by atoms with Crippen LogP contribution in [0.3, 0.4) is 0 Å². The number of amides is 2. The number of hydrogen-bond acceptors (Lipinski definition) is 6. The van der Waals surface area contributed by atoms with E-state index in [1.165, 1.54) is 32.4 Å². The number of rotatable bonds is 11. The highest BCUT2D eigenvalue weighted by Gasteiger charge is 2.30. The second kappa shape index (κ2) is 12.5. The molecule has 38 heavy (non-hydrogen) atoms. The molecular formula is C28H33N3O6S. The minimum Gasteiger partial charge on any atom is -0.497 e. The zero-order valence-electron chi connectivity index (χ0n) is 22.1. The lowest BCUT2D eigenvalue weighted by Crippen LogP contribution is -2.39. The molecule has 0 saturated heterocycles. The number of nitrogens with zero attached hydrogens (tertiary/aromatic N) is 1. The van der Waals surface area contributed by atoms with Gasteiger partial charge in [0.05, 0.1) is 36.1 Å². The van der Waals surface area contributed by atoms with Crippen LogP contribution in [-0.4, -0.2) is 47.0 Å². The second-order valence-electron chi connectivity index (χ2n) is 8.74. The summed E-state index contributed by atoms with van der Waals surface area (Å²) in [6.45, 7) is 5.10. The normalized spacial score (nSPS) is 11.8. The van der Waals surface area contributed by atoms with E-state index >= 15 is 0 Å². The standard InChI is InChI=1S/C28H33N3O6S/c1-6-20(3)29-28(33)23-9-7-8-10-24(23)30-27(32)18-31(25-17-21(36-4)13-16-26(25)37-5)38(34,35)22-14-11-19(2)12-15-22/h7-17,20H,6,18H2,1-5H3,(H,29,33)(H,30,32)/t20-/m0/s1. The average Bonchev–Trinajstić information content (AvgIpc) is 2.91. The molecule has 0 unspecified atom stereocenters. The monoisotopic (exact) mass is 539 g/mol. The Balaban J connectivity index is 2.01. The molecule has 9 nitrogen and oxygen atoms in total. The summed E-state index contributed by atoms with van der Waals surface area (Å²) in [5.41, 5.74) is 1.56. The molecule has 0 spiro atoms. The number of ether oxygens (including phenoxy) is 2. The van der Waals surface area contributed by atoms with Crippen molar-refractivity contribution in [1.29, 1.82) is 0 Å². The quantitative estimate of drug-likeness (QED) is 0.374. The van der Waals surface area contributed by atoms with Gasteiger partial charge in [0.2, 0.25) is 5.91 Å². The van der Waals surface area contributed by atoms with Gasteiger partial charge in [-0.05, 0) is 56.7 Å². The van der Waals surface area contributed by atoms with E-state index in [4.69, 9.17) is 9.47 Å². The predicted octanol–water partition coefficient (Wildman–Crippen LogP) is 4.37. The zero-order chi connectivity index (χ0) is 27.9. The Kier molecular flexibility index (Phi) is 9.35. The summed E-state index contributed by atoms with van der Waals surface area (Å²) in [5, 5.41) is 5.58. The Labute approximate surface area is 223 Å². The number of carbonyl (C=O) groups is 2. The molecule has 0 fully saturated rings. The number of nitrogens with one attached hydrogen (secondary N) is 2. The number of sulfonamides is 1. The average molecular weight is 540 g/mol. The second-order valence-corrected chi connectivity index (χ2v) is 10.6. The summed E-state index contributed by atoms with van der Waals surface area (Å²) in [4.78, 5) is 26.1.